The Morgan fingerprint density at radius 2 is 2.06 bits per heavy atom. The van der Waals surface area contributed by atoms with Crippen LogP contribution in [-0.2, 0) is 11.2 Å². The quantitative estimate of drug-likeness (QED) is 0.844. The molecule has 1 N–H and O–H groups in total. The Labute approximate surface area is 102 Å². The predicted octanol–water partition coefficient (Wildman–Crippen LogP) is 3.13. The third kappa shape index (κ3) is 4.28. The van der Waals surface area contributed by atoms with Crippen molar-refractivity contribution in [2.75, 3.05) is 5.32 Å². The van der Waals surface area contributed by atoms with Gasteiger partial charge < -0.3 is 5.32 Å². The molecule has 0 saturated heterocycles. The molecule has 0 bridgehead atoms. The Hall–Kier alpha value is -1.82. The Morgan fingerprint density at radius 1 is 1.41 bits per heavy atom. The molecule has 0 radical (unpaired) electrons. The molecule has 0 saturated carbocycles. The normalized spacial score (nSPS) is 11.6. The predicted molar refractivity (Wildman–Crippen MR) is 68.5 cm³/mol. The molecule has 0 unspecified atom stereocenters. The summed E-state index contributed by atoms with van der Waals surface area (Å²) >= 11 is 0. The van der Waals surface area contributed by atoms with Gasteiger partial charge in [0.15, 0.2) is 0 Å². The van der Waals surface area contributed by atoms with Gasteiger partial charge in [0.25, 0.3) is 0 Å². The van der Waals surface area contributed by atoms with Gasteiger partial charge in [-0.25, -0.2) is 0 Å². The first kappa shape index (κ1) is 13.2. The third-order valence-electron chi connectivity index (χ3n) is 2.67. The summed E-state index contributed by atoms with van der Waals surface area (Å²) in [5.41, 5.74) is 1.76. The van der Waals surface area contributed by atoms with E-state index in [0.717, 1.165) is 24.1 Å². The minimum atomic E-state index is 0.0405. The molecule has 0 aliphatic rings. The Balaban J connectivity index is 2.57. The molecule has 3 heteroatoms. The number of hydrogen-bond acceptors (Lipinski definition) is 2. The van der Waals surface area contributed by atoms with E-state index >= 15 is 0 Å². The molecule has 0 fully saturated rings. The van der Waals surface area contributed by atoms with Gasteiger partial charge in [-0.2, -0.15) is 5.26 Å². The highest BCUT2D eigenvalue weighted by Gasteiger charge is 2.11. The second-order valence-electron chi connectivity index (χ2n) is 4.21. The van der Waals surface area contributed by atoms with Crippen LogP contribution in [0.25, 0.3) is 0 Å². The van der Waals surface area contributed by atoms with Gasteiger partial charge >= 0.3 is 0 Å². The van der Waals surface area contributed by atoms with Crippen molar-refractivity contribution in [1.82, 2.24) is 0 Å². The zero-order chi connectivity index (χ0) is 12.7. The van der Waals surface area contributed by atoms with Gasteiger partial charge in [0.2, 0.25) is 5.91 Å². The Kier molecular flexibility index (Phi) is 5.22. The summed E-state index contributed by atoms with van der Waals surface area (Å²) in [4.78, 5) is 11.7. The number of benzene rings is 1. The lowest BCUT2D eigenvalue weighted by molar-refractivity contribution is -0.119. The number of amides is 1. The first-order valence-corrected chi connectivity index (χ1v) is 5.94. The molecule has 0 aliphatic heterocycles. The summed E-state index contributed by atoms with van der Waals surface area (Å²) in [6.07, 6.45) is 2.31. The summed E-state index contributed by atoms with van der Waals surface area (Å²) < 4.78 is 0. The summed E-state index contributed by atoms with van der Waals surface area (Å²) in [6, 6.07) is 9.49. The lowest BCUT2D eigenvalue weighted by Gasteiger charge is -2.11. The van der Waals surface area contributed by atoms with Crippen LogP contribution in [0.3, 0.4) is 0 Å². The van der Waals surface area contributed by atoms with Crippen LogP contribution in [0.5, 0.6) is 0 Å². The zero-order valence-corrected chi connectivity index (χ0v) is 10.4. The maximum Gasteiger partial charge on any atom is 0.227 e. The van der Waals surface area contributed by atoms with Crippen molar-refractivity contribution in [2.24, 2.45) is 5.92 Å². The number of hydrogen-bond donors (Lipinski definition) is 1. The average molecular weight is 230 g/mol. The molecule has 1 aromatic rings. The van der Waals surface area contributed by atoms with E-state index in [2.05, 4.69) is 18.3 Å². The van der Waals surface area contributed by atoms with Crippen molar-refractivity contribution < 1.29 is 4.79 Å². The summed E-state index contributed by atoms with van der Waals surface area (Å²) in [5.74, 6) is 0.0960. The average Bonchev–Trinajstić information content (AvgIpc) is 2.32. The second-order valence-corrected chi connectivity index (χ2v) is 4.21. The molecule has 0 spiro atoms. The van der Waals surface area contributed by atoms with Gasteiger partial charge in [0.05, 0.1) is 12.5 Å². The number of rotatable bonds is 5. The Morgan fingerprint density at radius 3 is 2.59 bits per heavy atom. The number of carbonyl (C=O) groups is 1. The topological polar surface area (TPSA) is 52.9 Å². The fraction of sp³-hybridized carbons (Fsp3) is 0.429. The first-order chi connectivity index (χ1) is 8.17. The smallest absolute Gasteiger partial charge is 0.227 e. The van der Waals surface area contributed by atoms with E-state index in [9.17, 15) is 4.79 Å². The number of nitriles is 1. The van der Waals surface area contributed by atoms with Crippen LogP contribution in [0.15, 0.2) is 24.3 Å². The maximum absolute atomic E-state index is 11.7. The van der Waals surface area contributed by atoms with Crippen LogP contribution in [0.1, 0.15) is 32.3 Å². The Bertz CT molecular complexity index is 403. The second kappa shape index (κ2) is 6.70. The zero-order valence-electron chi connectivity index (χ0n) is 10.4. The van der Waals surface area contributed by atoms with Crippen LogP contribution in [-0.4, -0.2) is 5.91 Å². The van der Waals surface area contributed by atoms with E-state index in [1.807, 2.05) is 31.2 Å². The SMILES string of the molecule is CCC[C@H](C)C(=O)Nc1ccc(CC#N)cc1. The van der Waals surface area contributed by atoms with Crippen molar-refractivity contribution >= 4 is 11.6 Å². The van der Waals surface area contributed by atoms with Crippen LogP contribution < -0.4 is 5.32 Å². The minimum absolute atomic E-state index is 0.0405. The molecule has 0 aliphatic carbocycles. The maximum atomic E-state index is 11.7. The number of nitrogens with zero attached hydrogens (tertiary/aromatic N) is 1. The monoisotopic (exact) mass is 230 g/mol. The molecule has 0 heterocycles. The molecule has 17 heavy (non-hydrogen) atoms. The van der Waals surface area contributed by atoms with E-state index in [4.69, 9.17) is 5.26 Å². The molecular weight excluding hydrogens is 212 g/mol. The van der Waals surface area contributed by atoms with E-state index < -0.39 is 0 Å². The highest BCUT2D eigenvalue weighted by molar-refractivity contribution is 5.92. The van der Waals surface area contributed by atoms with Gasteiger partial charge in [0.1, 0.15) is 0 Å². The molecule has 3 nitrogen and oxygen atoms in total. The van der Waals surface area contributed by atoms with Crippen LogP contribution in [0.4, 0.5) is 5.69 Å². The number of carbonyl (C=O) groups excluding carboxylic acids is 1. The number of nitrogens with one attached hydrogen (secondary N) is 1. The molecule has 1 aromatic carbocycles. The number of anilines is 1. The first-order valence-electron chi connectivity index (χ1n) is 5.94. The molecule has 0 aromatic heterocycles. The highest BCUT2D eigenvalue weighted by Crippen LogP contribution is 2.13. The molecular formula is C14H18N2O. The van der Waals surface area contributed by atoms with Gasteiger partial charge in [-0.3, -0.25) is 4.79 Å². The standard InChI is InChI=1S/C14H18N2O/c1-3-4-11(2)14(17)16-13-7-5-12(6-8-13)9-10-15/h5-8,11H,3-4,9H2,1-2H3,(H,16,17)/t11-/m0/s1. The largest absolute Gasteiger partial charge is 0.326 e. The van der Waals surface area contributed by atoms with Crippen molar-refractivity contribution in [3.8, 4) is 6.07 Å². The van der Waals surface area contributed by atoms with E-state index in [1.54, 1.807) is 0 Å². The fourth-order valence-electron chi connectivity index (χ4n) is 1.63. The van der Waals surface area contributed by atoms with Gasteiger partial charge in [-0.05, 0) is 24.1 Å². The van der Waals surface area contributed by atoms with E-state index in [-0.39, 0.29) is 11.8 Å². The minimum Gasteiger partial charge on any atom is -0.326 e. The van der Waals surface area contributed by atoms with Gasteiger partial charge in [-0.1, -0.05) is 32.4 Å². The van der Waals surface area contributed by atoms with Crippen molar-refractivity contribution in [3.63, 3.8) is 0 Å². The van der Waals surface area contributed by atoms with Gasteiger partial charge in [0, 0.05) is 11.6 Å². The lowest BCUT2D eigenvalue weighted by Crippen LogP contribution is -2.20. The van der Waals surface area contributed by atoms with Crippen LogP contribution in [0, 0.1) is 17.2 Å². The van der Waals surface area contributed by atoms with E-state index in [1.165, 1.54) is 0 Å². The highest BCUT2D eigenvalue weighted by atomic mass is 16.1. The fourth-order valence-corrected chi connectivity index (χ4v) is 1.63. The molecule has 1 atom stereocenters. The van der Waals surface area contributed by atoms with Crippen LogP contribution in [0.2, 0.25) is 0 Å². The van der Waals surface area contributed by atoms with Crippen LogP contribution >= 0.6 is 0 Å². The molecule has 90 valence electrons. The molecule has 1 amide bonds. The third-order valence-corrected chi connectivity index (χ3v) is 2.67. The van der Waals surface area contributed by atoms with Crippen molar-refractivity contribution in [2.45, 2.75) is 33.1 Å². The van der Waals surface area contributed by atoms with Crippen molar-refractivity contribution in [1.29, 1.82) is 5.26 Å². The van der Waals surface area contributed by atoms with Crippen molar-refractivity contribution in [3.05, 3.63) is 29.8 Å². The van der Waals surface area contributed by atoms with E-state index in [0.29, 0.717) is 6.42 Å². The summed E-state index contributed by atoms with van der Waals surface area (Å²) in [6.45, 7) is 4.00. The summed E-state index contributed by atoms with van der Waals surface area (Å²) in [7, 11) is 0. The molecule has 1 rings (SSSR count). The lowest BCUT2D eigenvalue weighted by atomic mass is 10.1. The van der Waals surface area contributed by atoms with Gasteiger partial charge in [-0.15, -0.1) is 0 Å². The summed E-state index contributed by atoms with van der Waals surface area (Å²) in [5, 5.41) is 11.4.